The van der Waals surface area contributed by atoms with E-state index in [0.29, 0.717) is 11.4 Å². The molecule has 1 amide bonds. The maximum absolute atomic E-state index is 12.9. The van der Waals surface area contributed by atoms with Crippen molar-refractivity contribution in [1.29, 1.82) is 0 Å². The Kier molecular flexibility index (Phi) is 5.05. The van der Waals surface area contributed by atoms with E-state index >= 15 is 0 Å². The Balaban J connectivity index is 1.94. The van der Waals surface area contributed by atoms with E-state index < -0.39 is 18.6 Å². The van der Waals surface area contributed by atoms with Crippen molar-refractivity contribution in [3.8, 4) is 0 Å². The van der Waals surface area contributed by atoms with Gasteiger partial charge in [0.1, 0.15) is 12.4 Å². The largest absolute Gasteiger partial charge is 0.406 e. The van der Waals surface area contributed by atoms with E-state index in [-0.39, 0.29) is 18.4 Å². The van der Waals surface area contributed by atoms with E-state index in [9.17, 15) is 22.4 Å². The number of carbonyl (C=O) groups excluding carboxylic acids is 1. The molecule has 0 aliphatic heterocycles. The zero-order chi connectivity index (χ0) is 16.3. The van der Waals surface area contributed by atoms with Crippen molar-refractivity contribution >= 4 is 5.91 Å². The molecule has 3 nitrogen and oxygen atoms in total. The van der Waals surface area contributed by atoms with Crippen LogP contribution in [0.3, 0.4) is 0 Å². The first kappa shape index (κ1) is 16.7. The van der Waals surface area contributed by atoms with Crippen LogP contribution in [0.4, 0.5) is 17.6 Å². The van der Waals surface area contributed by atoms with E-state index in [0.717, 1.165) is 25.5 Å². The number of alkyl halides is 3. The zero-order valence-electron chi connectivity index (χ0n) is 12.2. The van der Waals surface area contributed by atoms with E-state index in [1.54, 1.807) is 12.1 Å². The summed E-state index contributed by atoms with van der Waals surface area (Å²) in [5, 5.41) is 0. The van der Waals surface area contributed by atoms with Crippen LogP contribution in [0.2, 0.25) is 0 Å². The Labute approximate surface area is 126 Å². The van der Waals surface area contributed by atoms with Crippen LogP contribution >= 0.6 is 0 Å². The van der Waals surface area contributed by atoms with Gasteiger partial charge in [-0.2, -0.15) is 13.2 Å². The fraction of sp³-hybridized carbons (Fsp3) is 0.533. The molecule has 1 aliphatic rings. The number of halogens is 4. The van der Waals surface area contributed by atoms with Gasteiger partial charge in [0.05, 0.1) is 6.54 Å². The Bertz CT molecular complexity index is 511. The van der Waals surface area contributed by atoms with Crippen LogP contribution in [0.1, 0.15) is 18.4 Å². The van der Waals surface area contributed by atoms with Gasteiger partial charge in [-0.3, -0.25) is 9.69 Å². The molecule has 1 saturated carbocycles. The van der Waals surface area contributed by atoms with Gasteiger partial charge >= 0.3 is 6.18 Å². The van der Waals surface area contributed by atoms with Gasteiger partial charge in [0.15, 0.2) is 0 Å². The zero-order valence-corrected chi connectivity index (χ0v) is 12.2. The van der Waals surface area contributed by atoms with Crippen molar-refractivity contribution in [3.63, 3.8) is 0 Å². The highest BCUT2D eigenvalue weighted by molar-refractivity contribution is 5.78. The molecular weight excluding hydrogens is 300 g/mol. The van der Waals surface area contributed by atoms with E-state index in [1.807, 2.05) is 4.90 Å². The van der Waals surface area contributed by atoms with Crippen molar-refractivity contribution in [2.75, 3.05) is 20.1 Å². The predicted molar refractivity (Wildman–Crippen MR) is 73.5 cm³/mol. The van der Waals surface area contributed by atoms with Crippen LogP contribution in [0.5, 0.6) is 0 Å². The molecule has 1 aromatic rings. The van der Waals surface area contributed by atoms with Gasteiger partial charge in [0.2, 0.25) is 5.91 Å². The number of likely N-dealkylation sites (N-methyl/N-ethyl adjacent to an activating group) is 1. The Hall–Kier alpha value is -1.63. The van der Waals surface area contributed by atoms with Gasteiger partial charge in [0.25, 0.3) is 0 Å². The molecule has 22 heavy (non-hydrogen) atoms. The highest BCUT2D eigenvalue weighted by Crippen LogP contribution is 2.28. The number of nitrogens with zero attached hydrogens (tertiary/aromatic N) is 2. The van der Waals surface area contributed by atoms with Crippen molar-refractivity contribution in [1.82, 2.24) is 9.80 Å². The van der Waals surface area contributed by atoms with Crippen molar-refractivity contribution in [2.45, 2.75) is 31.6 Å². The Morgan fingerprint density at radius 1 is 1.23 bits per heavy atom. The second-order valence-electron chi connectivity index (χ2n) is 5.63. The fourth-order valence-electron chi connectivity index (χ4n) is 2.23. The molecule has 0 atom stereocenters. The third-order valence-electron chi connectivity index (χ3n) is 3.54. The second kappa shape index (κ2) is 6.64. The molecule has 0 unspecified atom stereocenters. The predicted octanol–water partition coefficient (Wildman–Crippen LogP) is 2.81. The van der Waals surface area contributed by atoms with E-state index in [4.69, 9.17) is 0 Å². The first-order valence-corrected chi connectivity index (χ1v) is 7.04. The standard InChI is InChI=1S/C15H18F4N2O/c1-20(10-15(17,18)19)14(22)9-21(13-6-7-13)8-11-2-4-12(16)5-3-11/h2-5,13H,6-10H2,1H3. The van der Waals surface area contributed by atoms with Gasteiger partial charge in [0, 0.05) is 19.6 Å². The lowest BCUT2D eigenvalue weighted by molar-refractivity contribution is -0.159. The lowest BCUT2D eigenvalue weighted by Crippen LogP contribution is -2.42. The molecule has 0 aromatic heterocycles. The lowest BCUT2D eigenvalue weighted by atomic mass is 10.2. The number of rotatable bonds is 6. The number of benzene rings is 1. The lowest BCUT2D eigenvalue weighted by Gasteiger charge is -2.25. The Morgan fingerprint density at radius 2 is 1.82 bits per heavy atom. The summed E-state index contributed by atoms with van der Waals surface area (Å²) < 4.78 is 49.8. The minimum atomic E-state index is -4.40. The van der Waals surface area contributed by atoms with Crippen LogP contribution in [0.15, 0.2) is 24.3 Å². The van der Waals surface area contributed by atoms with Gasteiger partial charge < -0.3 is 4.90 Å². The molecule has 2 rings (SSSR count). The van der Waals surface area contributed by atoms with Crippen LogP contribution in [-0.2, 0) is 11.3 Å². The summed E-state index contributed by atoms with van der Waals surface area (Å²) in [6, 6.07) is 6.12. The molecule has 1 fully saturated rings. The second-order valence-corrected chi connectivity index (χ2v) is 5.63. The number of hydrogen-bond donors (Lipinski definition) is 0. The molecule has 0 bridgehead atoms. The van der Waals surface area contributed by atoms with Crippen LogP contribution in [0.25, 0.3) is 0 Å². The average Bonchev–Trinajstić information content (AvgIpc) is 3.22. The average molecular weight is 318 g/mol. The first-order chi connectivity index (χ1) is 10.2. The summed E-state index contributed by atoms with van der Waals surface area (Å²) in [5.74, 6) is -0.908. The Morgan fingerprint density at radius 3 is 2.32 bits per heavy atom. The highest BCUT2D eigenvalue weighted by atomic mass is 19.4. The fourth-order valence-corrected chi connectivity index (χ4v) is 2.23. The van der Waals surface area contributed by atoms with Crippen LogP contribution < -0.4 is 0 Å². The van der Waals surface area contributed by atoms with Crippen LogP contribution in [-0.4, -0.2) is 48.1 Å². The molecule has 0 saturated heterocycles. The van der Waals surface area contributed by atoms with Gasteiger partial charge in [-0.1, -0.05) is 12.1 Å². The third-order valence-corrected chi connectivity index (χ3v) is 3.54. The molecule has 1 aliphatic carbocycles. The molecule has 7 heteroatoms. The first-order valence-electron chi connectivity index (χ1n) is 7.04. The van der Waals surface area contributed by atoms with Gasteiger partial charge in [-0.25, -0.2) is 4.39 Å². The van der Waals surface area contributed by atoms with E-state index in [2.05, 4.69) is 0 Å². The minimum absolute atomic E-state index is 0.0609. The molecule has 122 valence electrons. The summed E-state index contributed by atoms with van der Waals surface area (Å²) in [5.41, 5.74) is 0.833. The van der Waals surface area contributed by atoms with E-state index in [1.165, 1.54) is 12.1 Å². The SMILES string of the molecule is CN(CC(F)(F)F)C(=O)CN(Cc1ccc(F)cc1)C1CC1. The molecule has 1 aromatic carbocycles. The van der Waals surface area contributed by atoms with Crippen molar-refractivity contribution in [3.05, 3.63) is 35.6 Å². The number of carbonyl (C=O) groups is 1. The summed E-state index contributed by atoms with van der Waals surface area (Å²) >= 11 is 0. The number of hydrogen-bond acceptors (Lipinski definition) is 2. The highest BCUT2D eigenvalue weighted by Gasteiger charge is 2.34. The molecule has 0 spiro atoms. The minimum Gasteiger partial charge on any atom is -0.336 e. The maximum Gasteiger partial charge on any atom is 0.406 e. The quantitative estimate of drug-likeness (QED) is 0.753. The number of amides is 1. The topological polar surface area (TPSA) is 23.6 Å². The summed E-state index contributed by atoms with van der Waals surface area (Å²) in [6.07, 6.45) is -2.54. The van der Waals surface area contributed by atoms with Gasteiger partial charge in [-0.15, -0.1) is 0 Å². The maximum atomic E-state index is 12.9. The third kappa shape index (κ3) is 5.29. The summed E-state index contributed by atoms with van der Waals surface area (Å²) in [6.45, 7) is -0.883. The molecule has 0 heterocycles. The normalized spacial score (nSPS) is 15.2. The summed E-state index contributed by atoms with van der Waals surface area (Å²) in [7, 11) is 1.15. The van der Waals surface area contributed by atoms with Crippen molar-refractivity contribution < 1.29 is 22.4 Å². The molecule has 0 N–H and O–H groups in total. The van der Waals surface area contributed by atoms with Crippen molar-refractivity contribution in [2.24, 2.45) is 0 Å². The smallest absolute Gasteiger partial charge is 0.336 e. The molecule has 0 radical (unpaired) electrons. The van der Waals surface area contributed by atoms with Crippen LogP contribution in [0, 0.1) is 5.82 Å². The summed E-state index contributed by atoms with van der Waals surface area (Å²) in [4.78, 5) is 14.5. The molecular formula is C15H18F4N2O. The monoisotopic (exact) mass is 318 g/mol. The van der Waals surface area contributed by atoms with Gasteiger partial charge in [-0.05, 0) is 30.5 Å².